The molecular formula is C18H16B3N5O3. The van der Waals surface area contributed by atoms with Crippen LogP contribution in [-0.4, -0.2) is 61.1 Å². The number of amides is 1. The Morgan fingerprint density at radius 1 is 1.38 bits per heavy atom. The molecule has 2 N–H and O–H groups in total. The Hall–Kier alpha value is -2.81. The van der Waals surface area contributed by atoms with E-state index in [2.05, 4.69) is 20.6 Å². The number of hydrogen-bond donors (Lipinski definition) is 2. The van der Waals surface area contributed by atoms with Crippen molar-refractivity contribution in [3.63, 3.8) is 0 Å². The van der Waals surface area contributed by atoms with Gasteiger partial charge >= 0.3 is 0 Å². The van der Waals surface area contributed by atoms with Crippen molar-refractivity contribution < 1.29 is 14.4 Å². The van der Waals surface area contributed by atoms with Crippen LogP contribution in [0.2, 0.25) is 0 Å². The number of nitrogens with zero attached hydrogens (tertiary/aromatic N) is 4. The summed E-state index contributed by atoms with van der Waals surface area (Å²) < 4.78 is 6.56. The molecule has 2 aromatic heterocycles. The van der Waals surface area contributed by atoms with Gasteiger partial charge in [-0.25, -0.2) is 0 Å². The maximum atomic E-state index is 12.5. The number of rotatable bonds is 6. The summed E-state index contributed by atoms with van der Waals surface area (Å²) in [5.74, 6) is 0.0845. The second-order valence-electron chi connectivity index (χ2n) is 7.05. The summed E-state index contributed by atoms with van der Waals surface area (Å²) in [6.07, 6.45) is 4.69. The van der Waals surface area contributed by atoms with Crippen molar-refractivity contribution >= 4 is 29.4 Å². The van der Waals surface area contributed by atoms with Gasteiger partial charge in [0.1, 0.15) is 0 Å². The van der Waals surface area contributed by atoms with Crippen molar-refractivity contribution in [3.05, 3.63) is 53.2 Å². The van der Waals surface area contributed by atoms with Gasteiger partial charge in [0.15, 0.2) is 0 Å². The van der Waals surface area contributed by atoms with Crippen LogP contribution >= 0.6 is 0 Å². The maximum Gasteiger partial charge on any atom is 0.254 e. The monoisotopic (exact) mass is 383 g/mol. The Kier molecular flexibility index (Phi) is 5.08. The molecule has 4 rings (SSSR count). The van der Waals surface area contributed by atoms with Crippen molar-refractivity contribution in [3.8, 4) is 11.4 Å². The van der Waals surface area contributed by atoms with Crippen LogP contribution in [0, 0.1) is 0 Å². The maximum absolute atomic E-state index is 12.5. The van der Waals surface area contributed by atoms with Crippen LogP contribution in [0.1, 0.15) is 39.8 Å². The quantitative estimate of drug-likeness (QED) is 0.579. The highest BCUT2D eigenvalue weighted by atomic mass is 16.5. The fraction of sp³-hybridized carbons (Fsp3) is 0.333. The van der Waals surface area contributed by atoms with Crippen LogP contribution < -0.4 is 5.32 Å². The van der Waals surface area contributed by atoms with Crippen molar-refractivity contribution in [2.24, 2.45) is 0 Å². The summed E-state index contributed by atoms with van der Waals surface area (Å²) in [5.41, 5.74) is 3.34. The highest BCUT2D eigenvalue weighted by molar-refractivity contribution is 6.58. The topological polar surface area (TPSA) is 106 Å². The van der Waals surface area contributed by atoms with Gasteiger partial charge in [-0.05, 0) is 30.0 Å². The highest BCUT2D eigenvalue weighted by Crippen LogP contribution is 2.34. The Morgan fingerprint density at radius 3 is 2.93 bits per heavy atom. The van der Waals surface area contributed by atoms with E-state index in [1.807, 2.05) is 18.2 Å². The minimum atomic E-state index is -1.69. The third kappa shape index (κ3) is 4.00. The molecule has 11 heteroatoms. The van der Waals surface area contributed by atoms with Crippen molar-refractivity contribution in [1.29, 1.82) is 0 Å². The molecular weight excluding hydrogens is 367 g/mol. The zero-order chi connectivity index (χ0) is 20.6. The van der Waals surface area contributed by atoms with Gasteiger partial charge in [-0.1, -0.05) is 22.4 Å². The number of nitrogens with one attached hydrogen (secondary N) is 1. The van der Waals surface area contributed by atoms with E-state index in [0.29, 0.717) is 17.9 Å². The normalized spacial score (nSPS) is 16.0. The Morgan fingerprint density at radius 2 is 2.21 bits per heavy atom. The van der Waals surface area contributed by atoms with Gasteiger partial charge in [0.2, 0.25) is 11.7 Å². The molecule has 29 heavy (non-hydrogen) atoms. The Bertz CT molecular complexity index is 1040. The first kappa shape index (κ1) is 19.5. The lowest BCUT2D eigenvalue weighted by Gasteiger charge is -2.13. The first-order valence-electron chi connectivity index (χ1n) is 9.13. The van der Waals surface area contributed by atoms with Crippen molar-refractivity contribution in [2.75, 3.05) is 6.61 Å². The number of hydrogen-bond acceptors (Lipinski definition) is 6. The lowest BCUT2D eigenvalue weighted by molar-refractivity contribution is 0.0936. The number of benzene rings is 1. The van der Waals surface area contributed by atoms with Crippen molar-refractivity contribution in [2.45, 2.75) is 30.5 Å². The van der Waals surface area contributed by atoms with E-state index in [1.165, 1.54) is 10.9 Å². The third-order valence-corrected chi connectivity index (χ3v) is 4.81. The smallest absolute Gasteiger partial charge is 0.254 e. The lowest BCUT2D eigenvalue weighted by atomic mass is 9.42. The van der Waals surface area contributed by atoms with E-state index in [9.17, 15) is 4.79 Å². The van der Waals surface area contributed by atoms with Crippen LogP contribution in [0.25, 0.3) is 11.4 Å². The van der Waals surface area contributed by atoms with Crippen LogP contribution in [0.3, 0.4) is 0 Å². The van der Waals surface area contributed by atoms with Gasteiger partial charge in [0.05, 0.1) is 54.5 Å². The molecule has 1 atom stereocenters. The predicted octanol–water partition coefficient (Wildman–Crippen LogP) is -0.0415. The number of carbonyl (C=O) groups excluding carboxylic acids is 1. The fourth-order valence-corrected chi connectivity index (χ4v) is 3.37. The van der Waals surface area contributed by atoms with E-state index in [-0.39, 0.29) is 24.4 Å². The summed E-state index contributed by atoms with van der Waals surface area (Å²) in [5, 5.41) is 18.2. The molecule has 6 radical (unpaired) electrons. The molecule has 1 aliphatic carbocycles. The van der Waals surface area contributed by atoms with E-state index in [1.54, 1.807) is 6.20 Å². The van der Waals surface area contributed by atoms with Crippen LogP contribution in [0.15, 0.2) is 35.1 Å². The van der Waals surface area contributed by atoms with Gasteiger partial charge < -0.3 is 14.9 Å². The van der Waals surface area contributed by atoms with E-state index >= 15 is 0 Å². The predicted molar refractivity (Wildman–Crippen MR) is 107 cm³/mol. The molecule has 0 saturated heterocycles. The summed E-state index contributed by atoms with van der Waals surface area (Å²) in [6, 6.07) is 5.65. The second kappa shape index (κ2) is 7.55. The second-order valence-corrected chi connectivity index (χ2v) is 7.05. The molecule has 0 bridgehead atoms. The molecule has 0 saturated carbocycles. The molecule has 0 unspecified atom stereocenters. The van der Waals surface area contributed by atoms with Gasteiger partial charge in [0.25, 0.3) is 5.91 Å². The largest absolute Gasteiger partial charge is 0.394 e. The minimum absolute atomic E-state index is 0.0359. The molecule has 140 valence electrons. The fourth-order valence-electron chi connectivity index (χ4n) is 3.37. The number of aliphatic hydroxyl groups is 1. The first-order chi connectivity index (χ1) is 13.8. The van der Waals surface area contributed by atoms with E-state index in [0.717, 1.165) is 29.5 Å². The lowest BCUT2D eigenvalue weighted by Crippen LogP contribution is -2.27. The Labute approximate surface area is 171 Å². The van der Waals surface area contributed by atoms with Crippen LogP contribution in [-0.2, 0) is 18.1 Å². The molecule has 8 nitrogen and oxygen atoms in total. The summed E-state index contributed by atoms with van der Waals surface area (Å²) in [4.78, 5) is 16.7. The average Bonchev–Trinajstić information content (AvgIpc) is 3.41. The zero-order valence-corrected chi connectivity index (χ0v) is 15.6. The van der Waals surface area contributed by atoms with Crippen LogP contribution in [0.4, 0.5) is 0 Å². The summed E-state index contributed by atoms with van der Waals surface area (Å²) in [7, 11) is 16.7. The van der Waals surface area contributed by atoms with Gasteiger partial charge in [-0.2, -0.15) is 10.1 Å². The molecule has 0 spiro atoms. The van der Waals surface area contributed by atoms with Gasteiger partial charge in [0, 0.05) is 11.8 Å². The Balaban J connectivity index is 1.49. The number of aliphatic hydroxyl groups excluding tert-OH is 1. The first-order valence-corrected chi connectivity index (χ1v) is 9.13. The molecule has 3 aromatic rings. The van der Waals surface area contributed by atoms with Crippen molar-refractivity contribution in [1.82, 2.24) is 25.2 Å². The summed E-state index contributed by atoms with van der Waals surface area (Å²) >= 11 is 0. The number of aryl methyl sites for hydroxylation is 1. The molecule has 1 aliphatic rings. The molecule has 0 aliphatic heterocycles. The zero-order valence-electron chi connectivity index (χ0n) is 15.6. The molecule has 1 amide bonds. The standard InChI is InChI=1S/C18H16B3N5O3/c19-18(20,21)17-24-15(25-29-17)11-1-3-13-10(7-11)2-4-14(13)23-16(28)12-8-22-26(9-12)5-6-27/h1,3,7-9,14,27H,2,4-6H2,(H,23,28)/t14-/m1/s1. The van der Waals surface area contributed by atoms with Gasteiger partial charge in [-0.3, -0.25) is 9.48 Å². The number of fused-ring (bicyclic) bond motifs is 1. The number of aromatic nitrogens is 4. The average molecular weight is 383 g/mol. The molecule has 2 heterocycles. The van der Waals surface area contributed by atoms with Gasteiger partial charge in [-0.15, -0.1) is 0 Å². The summed E-state index contributed by atoms with van der Waals surface area (Å²) in [6.45, 7) is 0.311. The SMILES string of the molecule is [B]C([B])([B])c1nc(-c2ccc3c(c2)CC[C@H]3NC(=O)c2cnn(CCO)c2)no1. The van der Waals surface area contributed by atoms with E-state index < -0.39 is 5.11 Å². The third-order valence-electron chi connectivity index (χ3n) is 4.81. The van der Waals surface area contributed by atoms with E-state index in [4.69, 9.17) is 33.2 Å². The molecule has 0 fully saturated rings. The minimum Gasteiger partial charge on any atom is -0.394 e. The highest BCUT2D eigenvalue weighted by Gasteiger charge is 2.26. The van der Waals surface area contributed by atoms with Crippen LogP contribution in [0.5, 0.6) is 0 Å². The number of carbonyl (C=O) groups is 1. The molecule has 1 aromatic carbocycles.